The fourth-order valence-corrected chi connectivity index (χ4v) is 3.84. The molecule has 0 unspecified atom stereocenters. The normalized spacial score (nSPS) is 14.8. The highest BCUT2D eigenvalue weighted by Crippen LogP contribution is 2.24. The van der Waals surface area contributed by atoms with Gasteiger partial charge < -0.3 is 14.7 Å². The summed E-state index contributed by atoms with van der Waals surface area (Å²) in [4.78, 5) is 6.80. The number of nitrogens with zero attached hydrogens (tertiary/aromatic N) is 4. The van der Waals surface area contributed by atoms with Crippen molar-refractivity contribution in [2.45, 2.75) is 33.3 Å². The van der Waals surface area contributed by atoms with Crippen molar-refractivity contribution < 1.29 is 14.2 Å². The van der Waals surface area contributed by atoms with E-state index in [9.17, 15) is 9.50 Å². The fourth-order valence-electron chi connectivity index (χ4n) is 3.84. The summed E-state index contributed by atoms with van der Waals surface area (Å²) in [5, 5.41) is 14.7. The molecule has 4 rings (SSSR count). The van der Waals surface area contributed by atoms with Crippen molar-refractivity contribution in [2.75, 3.05) is 31.2 Å². The molecule has 2 aromatic heterocycles. The molecule has 28 heavy (non-hydrogen) atoms. The summed E-state index contributed by atoms with van der Waals surface area (Å²) in [6, 6.07) is 7.17. The van der Waals surface area contributed by atoms with E-state index in [4.69, 9.17) is 9.84 Å². The quantitative estimate of drug-likeness (QED) is 0.733. The number of aliphatic hydroxyl groups excluding tert-OH is 1. The number of fused-ring (bicyclic) bond motifs is 1. The van der Waals surface area contributed by atoms with Gasteiger partial charge in [-0.25, -0.2) is 13.9 Å². The second-order valence-corrected chi connectivity index (χ2v) is 7.09. The van der Waals surface area contributed by atoms with E-state index in [0.29, 0.717) is 37.3 Å². The highest BCUT2D eigenvalue weighted by Gasteiger charge is 2.20. The van der Waals surface area contributed by atoms with Gasteiger partial charge in [-0.15, -0.1) is 5.10 Å². The Balaban J connectivity index is 1.82. The third-order valence-corrected chi connectivity index (χ3v) is 5.34. The summed E-state index contributed by atoms with van der Waals surface area (Å²) < 4.78 is 21.5. The fraction of sp³-hybridized carbons (Fsp3) is 0.429. The van der Waals surface area contributed by atoms with E-state index in [0.717, 1.165) is 41.4 Å². The molecule has 0 aliphatic carbocycles. The molecule has 1 aromatic carbocycles. The molecule has 0 atom stereocenters. The maximum Gasteiger partial charge on any atom is 0.157 e. The third kappa shape index (κ3) is 3.36. The predicted octanol–water partition coefficient (Wildman–Crippen LogP) is 2.66. The summed E-state index contributed by atoms with van der Waals surface area (Å²) in [5.74, 6) is 0.670. The zero-order chi connectivity index (χ0) is 19.7. The topological polar surface area (TPSA) is 62.9 Å². The van der Waals surface area contributed by atoms with Crippen molar-refractivity contribution >= 4 is 11.5 Å². The zero-order valence-electron chi connectivity index (χ0n) is 16.3. The van der Waals surface area contributed by atoms with E-state index in [2.05, 4.69) is 9.88 Å². The zero-order valence-corrected chi connectivity index (χ0v) is 16.3. The number of morpholine rings is 1. The summed E-state index contributed by atoms with van der Waals surface area (Å²) in [5.41, 5.74) is 4.70. The summed E-state index contributed by atoms with van der Waals surface area (Å²) in [6.45, 7) is 6.71. The molecule has 3 aromatic rings. The van der Waals surface area contributed by atoms with Crippen LogP contribution in [0.3, 0.4) is 0 Å². The van der Waals surface area contributed by atoms with Crippen molar-refractivity contribution in [3.63, 3.8) is 0 Å². The summed E-state index contributed by atoms with van der Waals surface area (Å²) in [6.07, 6.45) is 1.08. The number of rotatable bonds is 5. The lowest BCUT2D eigenvalue weighted by molar-refractivity contribution is 0.122. The van der Waals surface area contributed by atoms with E-state index in [1.54, 1.807) is 6.07 Å². The Morgan fingerprint density at radius 3 is 2.75 bits per heavy atom. The molecule has 1 aliphatic rings. The Hall–Kier alpha value is -2.51. The van der Waals surface area contributed by atoms with Crippen molar-refractivity contribution in [3.8, 4) is 0 Å². The standard InChI is InChI=1S/C21H25FN4O2/c1-3-16-15(5-4-6-17(16)22)12-19-18(13-27)23-21-14(2)11-20(24-26(19)21)25-7-9-28-10-8-25/h4-6,11,27H,3,7-10,12-13H2,1-2H3. The monoisotopic (exact) mass is 384 g/mol. The first-order valence-corrected chi connectivity index (χ1v) is 9.70. The molecule has 0 amide bonds. The van der Waals surface area contributed by atoms with Gasteiger partial charge in [0.1, 0.15) is 11.6 Å². The number of hydrogen-bond donors (Lipinski definition) is 1. The SMILES string of the molecule is CCc1c(F)cccc1Cc1c(CO)nc2c(C)cc(N3CCOCC3)nn12. The lowest BCUT2D eigenvalue weighted by Gasteiger charge is -2.28. The maximum absolute atomic E-state index is 14.2. The molecule has 148 valence electrons. The Morgan fingerprint density at radius 1 is 1.25 bits per heavy atom. The van der Waals surface area contributed by atoms with Gasteiger partial charge in [-0.05, 0) is 42.2 Å². The number of hydrogen-bond acceptors (Lipinski definition) is 5. The first kappa shape index (κ1) is 18.8. The minimum Gasteiger partial charge on any atom is -0.390 e. The van der Waals surface area contributed by atoms with E-state index in [-0.39, 0.29) is 12.4 Å². The Kier molecular flexibility index (Phi) is 5.28. The van der Waals surface area contributed by atoms with Crippen molar-refractivity contribution in [1.29, 1.82) is 0 Å². The van der Waals surface area contributed by atoms with Crippen molar-refractivity contribution in [3.05, 3.63) is 58.2 Å². The van der Waals surface area contributed by atoms with Crippen LogP contribution in [0.4, 0.5) is 10.2 Å². The van der Waals surface area contributed by atoms with Gasteiger partial charge in [0.15, 0.2) is 5.65 Å². The number of halogens is 1. The lowest BCUT2D eigenvalue weighted by atomic mass is 10.00. The van der Waals surface area contributed by atoms with Crippen LogP contribution in [0.25, 0.3) is 5.65 Å². The lowest BCUT2D eigenvalue weighted by Crippen LogP contribution is -2.37. The van der Waals surface area contributed by atoms with Gasteiger partial charge in [0.25, 0.3) is 0 Å². The number of aryl methyl sites for hydroxylation is 1. The number of ether oxygens (including phenoxy) is 1. The molecule has 1 N–H and O–H groups in total. The molecule has 0 bridgehead atoms. The van der Waals surface area contributed by atoms with Gasteiger partial charge in [0, 0.05) is 19.5 Å². The predicted molar refractivity (Wildman–Crippen MR) is 105 cm³/mol. The van der Waals surface area contributed by atoms with Crippen LogP contribution < -0.4 is 4.90 Å². The van der Waals surface area contributed by atoms with E-state index < -0.39 is 0 Å². The maximum atomic E-state index is 14.2. The van der Waals surface area contributed by atoms with Gasteiger partial charge >= 0.3 is 0 Å². The molecular weight excluding hydrogens is 359 g/mol. The van der Waals surface area contributed by atoms with Crippen LogP contribution in [-0.4, -0.2) is 46.0 Å². The molecular formula is C21H25FN4O2. The molecule has 3 heterocycles. The summed E-state index contributed by atoms with van der Waals surface area (Å²) in [7, 11) is 0. The largest absolute Gasteiger partial charge is 0.390 e. The Labute approximate surface area is 163 Å². The average molecular weight is 384 g/mol. The molecule has 0 saturated carbocycles. The van der Waals surface area contributed by atoms with Crippen LogP contribution in [0, 0.1) is 12.7 Å². The van der Waals surface area contributed by atoms with Crippen LogP contribution in [-0.2, 0) is 24.2 Å². The van der Waals surface area contributed by atoms with Gasteiger partial charge in [0.05, 0.1) is 31.2 Å². The summed E-state index contributed by atoms with van der Waals surface area (Å²) >= 11 is 0. The van der Waals surface area contributed by atoms with E-state index in [1.807, 2.05) is 30.5 Å². The first-order valence-electron chi connectivity index (χ1n) is 9.70. The first-order chi connectivity index (χ1) is 13.6. The van der Waals surface area contributed by atoms with Crippen LogP contribution in [0.1, 0.15) is 35.0 Å². The van der Waals surface area contributed by atoms with Gasteiger partial charge in [0.2, 0.25) is 0 Å². The average Bonchev–Trinajstić information content (AvgIpc) is 3.07. The number of imidazole rings is 1. The smallest absolute Gasteiger partial charge is 0.157 e. The number of aliphatic hydroxyl groups is 1. The van der Waals surface area contributed by atoms with Crippen LogP contribution in [0.15, 0.2) is 24.3 Å². The van der Waals surface area contributed by atoms with Crippen LogP contribution in [0.5, 0.6) is 0 Å². The molecule has 6 nitrogen and oxygen atoms in total. The highest BCUT2D eigenvalue weighted by atomic mass is 19.1. The molecule has 0 spiro atoms. The number of aromatic nitrogens is 3. The van der Waals surface area contributed by atoms with E-state index in [1.165, 1.54) is 6.07 Å². The van der Waals surface area contributed by atoms with Gasteiger partial charge in [-0.2, -0.15) is 0 Å². The van der Waals surface area contributed by atoms with Crippen LogP contribution >= 0.6 is 0 Å². The molecule has 1 aliphatic heterocycles. The molecule has 1 fully saturated rings. The number of anilines is 1. The second-order valence-electron chi connectivity index (χ2n) is 7.09. The van der Waals surface area contributed by atoms with Crippen LogP contribution in [0.2, 0.25) is 0 Å². The molecule has 7 heteroatoms. The Bertz CT molecular complexity index is 996. The minimum atomic E-state index is -0.197. The molecule has 0 radical (unpaired) electrons. The third-order valence-electron chi connectivity index (χ3n) is 5.34. The van der Waals surface area contributed by atoms with Gasteiger partial charge in [-0.3, -0.25) is 0 Å². The minimum absolute atomic E-state index is 0.179. The molecule has 1 saturated heterocycles. The number of benzene rings is 1. The second kappa shape index (κ2) is 7.85. The van der Waals surface area contributed by atoms with Crippen molar-refractivity contribution in [1.82, 2.24) is 14.6 Å². The van der Waals surface area contributed by atoms with E-state index >= 15 is 0 Å². The highest BCUT2D eigenvalue weighted by molar-refractivity contribution is 5.55. The van der Waals surface area contributed by atoms with Crippen molar-refractivity contribution in [2.24, 2.45) is 0 Å². The van der Waals surface area contributed by atoms with Gasteiger partial charge in [-0.1, -0.05) is 19.1 Å². The Morgan fingerprint density at radius 2 is 2.04 bits per heavy atom.